The van der Waals surface area contributed by atoms with Crippen molar-refractivity contribution in [2.24, 2.45) is 0 Å². The van der Waals surface area contributed by atoms with E-state index in [4.69, 9.17) is 23.8 Å². The summed E-state index contributed by atoms with van der Waals surface area (Å²) in [6.45, 7) is 5.57. The summed E-state index contributed by atoms with van der Waals surface area (Å²) in [7, 11) is 0. The SMILES string of the molecule is C=CCCC(=S)N1CCC(c2nc(C(=O)Nc3ccc(F)cc3-c3ccc(Cl)cc3)cs2)CC1. The monoisotopic (exact) mass is 513 g/mol. The molecular formula is C26H25ClFN3OS2. The van der Waals surface area contributed by atoms with Crippen molar-refractivity contribution < 1.29 is 9.18 Å². The molecule has 0 radical (unpaired) electrons. The molecule has 0 bridgehead atoms. The molecule has 0 saturated carbocycles. The van der Waals surface area contributed by atoms with Crippen molar-refractivity contribution in [1.82, 2.24) is 9.88 Å². The summed E-state index contributed by atoms with van der Waals surface area (Å²) >= 11 is 13.0. The second-order valence-electron chi connectivity index (χ2n) is 8.20. The van der Waals surface area contributed by atoms with Gasteiger partial charge in [0, 0.05) is 47.1 Å². The van der Waals surface area contributed by atoms with Gasteiger partial charge in [-0.2, -0.15) is 0 Å². The Bertz CT molecular complexity index is 1190. The molecule has 34 heavy (non-hydrogen) atoms. The molecule has 1 saturated heterocycles. The minimum absolute atomic E-state index is 0.313. The van der Waals surface area contributed by atoms with Gasteiger partial charge in [-0.1, -0.05) is 42.0 Å². The van der Waals surface area contributed by atoms with Gasteiger partial charge in [-0.25, -0.2) is 9.37 Å². The van der Waals surface area contributed by atoms with Crippen LogP contribution in [-0.4, -0.2) is 33.9 Å². The molecule has 1 aliphatic rings. The molecule has 176 valence electrons. The number of likely N-dealkylation sites (tertiary alicyclic amines) is 1. The highest BCUT2D eigenvalue weighted by Crippen LogP contribution is 2.33. The molecule has 1 amide bonds. The number of carbonyl (C=O) groups is 1. The van der Waals surface area contributed by atoms with E-state index in [0.29, 0.717) is 27.9 Å². The van der Waals surface area contributed by atoms with Crippen LogP contribution in [0.4, 0.5) is 10.1 Å². The van der Waals surface area contributed by atoms with Crippen molar-refractivity contribution in [2.45, 2.75) is 31.6 Å². The van der Waals surface area contributed by atoms with Gasteiger partial charge in [0.05, 0.1) is 10.00 Å². The number of thiocarbonyl (C=S) groups is 1. The fourth-order valence-electron chi connectivity index (χ4n) is 4.02. The fraction of sp³-hybridized carbons (Fsp3) is 0.269. The van der Waals surface area contributed by atoms with Crippen molar-refractivity contribution in [2.75, 3.05) is 18.4 Å². The number of allylic oxidation sites excluding steroid dienone is 1. The van der Waals surface area contributed by atoms with Gasteiger partial charge in [-0.05, 0) is 55.2 Å². The maximum Gasteiger partial charge on any atom is 0.275 e. The number of piperidine rings is 1. The van der Waals surface area contributed by atoms with Crippen molar-refractivity contribution in [1.29, 1.82) is 0 Å². The van der Waals surface area contributed by atoms with E-state index in [2.05, 4.69) is 21.8 Å². The average Bonchev–Trinajstić information content (AvgIpc) is 3.35. The summed E-state index contributed by atoms with van der Waals surface area (Å²) < 4.78 is 14.0. The number of nitrogens with zero attached hydrogens (tertiary/aromatic N) is 2. The van der Waals surface area contributed by atoms with Gasteiger partial charge >= 0.3 is 0 Å². The van der Waals surface area contributed by atoms with Crippen LogP contribution in [0.5, 0.6) is 0 Å². The maximum atomic E-state index is 14.0. The molecule has 2 aromatic carbocycles. The molecule has 0 atom stereocenters. The fourth-order valence-corrected chi connectivity index (χ4v) is 5.42. The van der Waals surface area contributed by atoms with E-state index in [1.54, 1.807) is 35.7 Å². The highest BCUT2D eigenvalue weighted by Gasteiger charge is 2.25. The first-order valence-corrected chi connectivity index (χ1v) is 12.8. The lowest BCUT2D eigenvalue weighted by Gasteiger charge is -2.33. The first-order valence-electron chi connectivity index (χ1n) is 11.2. The number of benzene rings is 2. The number of amides is 1. The summed E-state index contributed by atoms with van der Waals surface area (Å²) in [6, 6.07) is 11.4. The standard InChI is InChI=1S/C26H25ClFN3OS2/c1-2-3-4-24(33)31-13-11-18(12-14-31)26-30-23(16-34-26)25(32)29-22-10-9-20(28)15-21(22)17-5-7-19(27)8-6-17/h2,5-10,15-16,18H,1,3-4,11-14H2,(H,29,32). The van der Waals surface area contributed by atoms with E-state index in [0.717, 1.165) is 54.3 Å². The van der Waals surface area contributed by atoms with E-state index in [9.17, 15) is 9.18 Å². The van der Waals surface area contributed by atoms with Crippen LogP contribution in [0.1, 0.15) is 47.1 Å². The Morgan fingerprint density at radius 3 is 2.71 bits per heavy atom. The maximum absolute atomic E-state index is 14.0. The summed E-state index contributed by atoms with van der Waals surface area (Å²) in [5.74, 6) is -0.373. The smallest absolute Gasteiger partial charge is 0.275 e. The number of anilines is 1. The molecule has 4 rings (SSSR count). The average molecular weight is 514 g/mol. The minimum Gasteiger partial charge on any atom is -0.366 e. The third-order valence-corrected chi connectivity index (χ3v) is 7.62. The predicted molar refractivity (Wildman–Crippen MR) is 142 cm³/mol. The highest BCUT2D eigenvalue weighted by molar-refractivity contribution is 7.80. The van der Waals surface area contributed by atoms with Gasteiger partial charge in [-0.15, -0.1) is 17.9 Å². The van der Waals surface area contributed by atoms with Gasteiger partial charge in [0.2, 0.25) is 0 Å². The van der Waals surface area contributed by atoms with Gasteiger partial charge in [0.25, 0.3) is 5.91 Å². The Hall–Kier alpha value is -2.61. The van der Waals surface area contributed by atoms with E-state index in [-0.39, 0.29) is 11.7 Å². The van der Waals surface area contributed by atoms with E-state index < -0.39 is 0 Å². The summed E-state index contributed by atoms with van der Waals surface area (Å²) in [6.07, 6.45) is 5.58. The van der Waals surface area contributed by atoms with Crippen LogP contribution in [0.15, 0.2) is 60.5 Å². The number of aromatic nitrogens is 1. The number of hydrogen-bond donors (Lipinski definition) is 1. The van der Waals surface area contributed by atoms with E-state index in [1.807, 2.05) is 6.08 Å². The summed E-state index contributed by atoms with van der Waals surface area (Å²) in [5.41, 5.74) is 2.23. The van der Waals surface area contributed by atoms with Crippen LogP contribution in [0, 0.1) is 5.82 Å². The lowest BCUT2D eigenvalue weighted by molar-refractivity contribution is 0.102. The Kier molecular flexibility index (Phi) is 8.08. The number of nitrogens with one attached hydrogen (secondary N) is 1. The van der Waals surface area contributed by atoms with Gasteiger partial charge < -0.3 is 10.2 Å². The van der Waals surface area contributed by atoms with Gasteiger partial charge in [0.15, 0.2) is 0 Å². The zero-order valence-electron chi connectivity index (χ0n) is 18.6. The zero-order chi connectivity index (χ0) is 24.1. The molecule has 1 aromatic heterocycles. The van der Waals surface area contributed by atoms with Crippen LogP contribution in [0.2, 0.25) is 5.02 Å². The van der Waals surface area contributed by atoms with Gasteiger partial charge in [0.1, 0.15) is 11.5 Å². The highest BCUT2D eigenvalue weighted by atomic mass is 35.5. The molecule has 8 heteroatoms. The topological polar surface area (TPSA) is 45.2 Å². The largest absolute Gasteiger partial charge is 0.366 e. The zero-order valence-corrected chi connectivity index (χ0v) is 21.0. The molecule has 2 heterocycles. The number of halogens is 2. The summed E-state index contributed by atoms with van der Waals surface area (Å²) in [5, 5.41) is 6.25. The Morgan fingerprint density at radius 2 is 2.00 bits per heavy atom. The molecule has 4 nitrogen and oxygen atoms in total. The van der Waals surface area contributed by atoms with Crippen molar-refractivity contribution in [3.63, 3.8) is 0 Å². The Labute approximate surface area is 213 Å². The van der Waals surface area contributed by atoms with E-state index in [1.165, 1.54) is 23.5 Å². The van der Waals surface area contributed by atoms with E-state index >= 15 is 0 Å². The molecule has 1 N–H and O–H groups in total. The van der Waals surface area contributed by atoms with Crippen LogP contribution >= 0.6 is 35.2 Å². The Morgan fingerprint density at radius 1 is 1.26 bits per heavy atom. The lowest BCUT2D eigenvalue weighted by atomic mass is 9.97. The van der Waals surface area contributed by atoms with Crippen molar-refractivity contribution >= 4 is 51.7 Å². The van der Waals surface area contributed by atoms with Crippen molar-refractivity contribution in [3.8, 4) is 11.1 Å². The number of rotatable bonds is 7. The van der Waals surface area contributed by atoms with Crippen LogP contribution < -0.4 is 5.32 Å². The summed E-state index contributed by atoms with van der Waals surface area (Å²) in [4.78, 5) is 20.9. The quantitative estimate of drug-likeness (QED) is 0.265. The predicted octanol–water partition coefficient (Wildman–Crippen LogP) is 7.33. The molecule has 0 spiro atoms. The second kappa shape index (κ2) is 11.2. The third kappa shape index (κ3) is 5.90. The first kappa shape index (κ1) is 24.5. The lowest BCUT2D eigenvalue weighted by Crippen LogP contribution is -2.36. The number of hydrogen-bond acceptors (Lipinski definition) is 4. The minimum atomic E-state index is -0.380. The molecule has 0 unspecified atom stereocenters. The van der Waals surface area contributed by atoms with Gasteiger partial charge in [-0.3, -0.25) is 4.79 Å². The first-order chi connectivity index (χ1) is 16.4. The molecular weight excluding hydrogens is 489 g/mol. The molecule has 1 aliphatic heterocycles. The van der Waals surface area contributed by atoms with Crippen LogP contribution in [-0.2, 0) is 0 Å². The normalized spacial score (nSPS) is 14.1. The Balaban J connectivity index is 1.42. The second-order valence-corrected chi connectivity index (χ2v) is 10.0. The molecule has 1 fully saturated rings. The van der Waals surface area contributed by atoms with Crippen LogP contribution in [0.25, 0.3) is 11.1 Å². The molecule has 3 aromatic rings. The van der Waals surface area contributed by atoms with Crippen molar-refractivity contribution in [3.05, 3.63) is 82.0 Å². The third-order valence-electron chi connectivity index (χ3n) is 5.90. The number of carbonyl (C=O) groups excluding carboxylic acids is 1. The number of thiazole rings is 1. The molecule has 0 aliphatic carbocycles. The van der Waals surface area contributed by atoms with Crippen LogP contribution in [0.3, 0.4) is 0 Å².